The predicted molar refractivity (Wildman–Crippen MR) is 76.8 cm³/mol. The van der Waals surface area contributed by atoms with Gasteiger partial charge in [0.15, 0.2) is 0 Å². The topological polar surface area (TPSA) is 26.3 Å². The third kappa shape index (κ3) is 3.83. The van der Waals surface area contributed by atoms with Crippen molar-refractivity contribution in [1.29, 1.82) is 0 Å². The average Bonchev–Trinajstić information content (AvgIpc) is 2.43. The van der Waals surface area contributed by atoms with Crippen LogP contribution in [0.4, 0.5) is 0 Å². The Morgan fingerprint density at radius 3 is 2.58 bits per heavy atom. The Balaban J connectivity index is 2.27. The molecule has 0 aliphatic carbocycles. The number of alkyl halides is 1. The second-order valence-corrected chi connectivity index (χ2v) is 4.65. The van der Waals surface area contributed by atoms with Crippen molar-refractivity contribution in [2.24, 2.45) is 0 Å². The summed E-state index contributed by atoms with van der Waals surface area (Å²) in [5.74, 6) is 0.0125. The maximum Gasteiger partial charge on any atom is 0.326 e. The van der Waals surface area contributed by atoms with Gasteiger partial charge in [-0.15, -0.1) is 11.6 Å². The van der Waals surface area contributed by atoms with E-state index in [1.54, 1.807) is 0 Å². The Bertz CT molecular complexity index is 564. The van der Waals surface area contributed by atoms with Crippen molar-refractivity contribution < 1.29 is 9.53 Å². The molecule has 0 N–H and O–H groups in total. The molecule has 0 heterocycles. The molecule has 0 atom stereocenters. The fourth-order valence-corrected chi connectivity index (χ4v) is 1.97. The highest BCUT2D eigenvalue weighted by Gasteiger charge is 2.09. The van der Waals surface area contributed by atoms with E-state index >= 15 is 0 Å². The van der Waals surface area contributed by atoms with Gasteiger partial charge in [-0.2, -0.15) is 0 Å². The zero-order valence-electron chi connectivity index (χ0n) is 10.7. The molecule has 0 spiro atoms. The number of aryl methyl sites for hydroxylation is 1. The van der Waals surface area contributed by atoms with Crippen molar-refractivity contribution in [1.82, 2.24) is 0 Å². The van der Waals surface area contributed by atoms with Gasteiger partial charge < -0.3 is 4.74 Å². The zero-order chi connectivity index (χ0) is 13.7. The maximum atomic E-state index is 11.3. The summed E-state index contributed by atoms with van der Waals surface area (Å²) in [4.78, 5) is 11.3. The molecule has 2 aromatic carbocycles. The first-order valence-electron chi connectivity index (χ1n) is 6.09. The Kier molecular flexibility index (Phi) is 4.58. The van der Waals surface area contributed by atoms with Crippen LogP contribution in [-0.2, 0) is 11.2 Å². The van der Waals surface area contributed by atoms with Crippen molar-refractivity contribution in [2.75, 3.05) is 5.88 Å². The molecule has 0 bridgehead atoms. The van der Waals surface area contributed by atoms with Crippen LogP contribution >= 0.6 is 11.6 Å². The number of rotatable bonds is 4. The molecule has 0 amide bonds. The van der Waals surface area contributed by atoms with E-state index in [2.05, 4.69) is 12.1 Å². The lowest BCUT2D eigenvalue weighted by atomic mass is 10.0. The molecule has 0 saturated heterocycles. The first-order chi connectivity index (χ1) is 9.19. The zero-order valence-corrected chi connectivity index (χ0v) is 11.5. The third-order valence-corrected chi connectivity index (χ3v) is 3.00. The second kappa shape index (κ2) is 6.39. The van der Waals surface area contributed by atoms with Gasteiger partial charge in [-0.1, -0.05) is 48.0 Å². The van der Waals surface area contributed by atoms with Crippen LogP contribution in [-0.4, -0.2) is 11.8 Å². The predicted octanol–water partition coefficient (Wildman–Crippen LogP) is 3.73. The summed E-state index contributed by atoms with van der Waals surface area (Å²) in [6.07, 6.45) is 0.730. The van der Waals surface area contributed by atoms with Gasteiger partial charge in [0.1, 0.15) is 11.6 Å². The van der Waals surface area contributed by atoms with E-state index in [9.17, 15) is 4.79 Å². The van der Waals surface area contributed by atoms with Crippen LogP contribution in [0, 0.1) is 6.92 Å². The van der Waals surface area contributed by atoms with Crippen molar-refractivity contribution >= 4 is 17.6 Å². The van der Waals surface area contributed by atoms with Crippen LogP contribution in [0.1, 0.15) is 16.7 Å². The minimum Gasteiger partial charge on any atom is -0.425 e. The SMILES string of the molecule is Cc1ccc(OC(=O)CCl)c(Cc2ccccc2)c1. The van der Waals surface area contributed by atoms with E-state index in [4.69, 9.17) is 16.3 Å². The fourth-order valence-electron chi connectivity index (χ4n) is 1.91. The highest BCUT2D eigenvalue weighted by molar-refractivity contribution is 6.26. The van der Waals surface area contributed by atoms with Gasteiger partial charge in [-0.3, -0.25) is 4.79 Å². The molecular formula is C16H15ClO2. The molecule has 0 fully saturated rings. The van der Waals surface area contributed by atoms with Gasteiger partial charge in [0.05, 0.1) is 0 Å². The van der Waals surface area contributed by atoms with Crippen LogP contribution < -0.4 is 4.74 Å². The summed E-state index contributed by atoms with van der Waals surface area (Å²) >= 11 is 5.47. The van der Waals surface area contributed by atoms with Crippen molar-refractivity contribution in [3.05, 3.63) is 65.2 Å². The molecule has 3 heteroatoms. The van der Waals surface area contributed by atoms with Gasteiger partial charge >= 0.3 is 5.97 Å². The van der Waals surface area contributed by atoms with Gasteiger partial charge in [0.2, 0.25) is 0 Å². The molecule has 0 aliphatic rings. The van der Waals surface area contributed by atoms with E-state index in [0.29, 0.717) is 5.75 Å². The summed E-state index contributed by atoms with van der Waals surface area (Å²) in [5, 5.41) is 0. The highest BCUT2D eigenvalue weighted by atomic mass is 35.5. The van der Waals surface area contributed by atoms with Crippen LogP contribution in [0.15, 0.2) is 48.5 Å². The Hall–Kier alpha value is -1.80. The lowest BCUT2D eigenvalue weighted by molar-refractivity contribution is -0.131. The lowest BCUT2D eigenvalue weighted by Crippen LogP contribution is -2.10. The van der Waals surface area contributed by atoms with Crippen molar-refractivity contribution in [3.8, 4) is 5.75 Å². The van der Waals surface area contributed by atoms with Crippen LogP contribution in [0.5, 0.6) is 5.75 Å². The smallest absolute Gasteiger partial charge is 0.326 e. The summed E-state index contributed by atoms with van der Waals surface area (Å²) in [7, 11) is 0. The van der Waals surface area contributed by atoms with Crippen LogP contribution in [0.3, 0.4) is 0 Å². The van der Waals surface area contributed by atoms with Gasteiger partial charge in [-0.25, -0.2) is 0 Å². The Morgan fingerprint density at radius 1 is 1.16 bits per heavy atom. The number of carbonyl (C=O) groups is 1. The van der Waals surface area contributed by atoms with E-state index in [1.165, 1.54) is 5.56 Å². The largest absolute Gasteiger partial charge is 0.425 e. The van der Waals surface area contributed by atoms with E-state index < -0.39 is 5.97 Å². The molecule has 98 valence electrons. The first kappa shape index (κ1) is 13.6. The molecule has 0 saturated carbocycles. The first-order valence-corrected chi connectivity index (χ1v) is 6.62. The molecule has 0 aliphatic heterocycles. The number of benzene rings is 2. The average molecular weight is 275 g/mol. The standard InChI is InChI=1S/C16H15ClO2/c1-12-7-8-15(19-16(18)11-17)14(9-12)10-13-5-3-2-4-6-13/h2-9H,10-11H2,1H3. The molecule has 0 radical (unpaired) electrons. The van der Waals surface area contributed by atoms with E-state index in [0.717, 1.165) is 17.5 Å². The number of hydrogen-bond acceptors (Lipinski definition) is 2. The highest BCUT2D eigenvalue weighted by Crippen LogP contribution is 2.23. The molecule has 0 unspecified atom stereocenters. The molecule has 2 aromatic rings. The van der Waals surface area contributed by atoms with Crippen molar-refractivity contribution in [2.45, 2.75) is 13.3 Å². The minimum absolute atomic E-state index is 0.140. The van der Waals surface area contributed by atoms with Gasteiger partial charge in [0, 0.05) is 6.42 Å². The van der Waals surface area contributed by atoms with E-state index in [-0.39, 0.29) is 5.88 Å². The summed E-state index contributed by atoms with van der Waals surface area (Å²) in [6.45, 7) is 2.02. The number of hydrogen-bond donors (Lipinski definition) is 0. The van der Waals surface area contributed by atoms with Crippen LogP contribution in [0.25, 0.3) is 0 Å². The number of esters is 1. The molecule has 0 aromatic heterocycles. The molecule has 19 heavy (non-hydrogen) atoms. The lowest BCUT2D eigenvalue weighted by Gasteiger charge is -2.10. The number of halogens is 1. The van der Waals surface area contributed by atoms with Crippen LogP contribution in [0.2, 0.25) is 0 Å². The quantitative estimate of drug-likeness (QED) is 0.482. The summed E-state index contributed by atoms with van der Waals surface area (Å²) in [5.41, 5.74) is 3.30. The Morgan fingerprint density at radius 2 is 1.89 bits per heavy atom. The third-order valence-electron chi connectivity index (χ3n) is 2.79. The number of carbonyl (C=O) groups excluding carboxylic acids is 1. The molecule has 2 rings (SSSR count). The fraction of sp³-hybridized carbons (Fsp3) is 0.188. The monoisotopic (exact) mass is 274 g/mol. The maximum absolute atomic E-state index is 11.3. The molecular weight excluding hydrogens is 260 g/mol. The number of ether oxygens (including phenoxy) is 1. The molecule has 2 nitrogen and oxygen atoms in total. The van der Waals surface area contributed by atoms with Gasteiger partial charge in [0.25, 0.3) is 0 Å². The van der Waals surface area contributed by atoms with Crippen molar-refractivity contribution in [3.63, 3.8) is 0 Å². The summed E-state index contributed by atoms with van der Waals surface area (Å²) in [6, 6.07) is 15.8. The minimum atomic E-state index is -0.431. The second-order valence-electron chi connectivity index (χ2n) is 4.38. The Labute approximate surface area is 118 Å². The van der Waals surface area contributed by atoms with Gasteiger partial charge in [-0.05, 0) is 24.1 Å². The normalized spacial score (nSPS) is 10.2. The summed E-state index contributed by atoms with van der Waals surface area (Å²) < 4.78 is 5.25. The van der Waals surface area contributed by atoms with E-state index in [1.807, 2.05) is 43.3 Å².